The molecule has 2 heterocycles. The van der Waals surface area contributed by atoms with Crippen molar-refractivity contribution in [1.29, 1.82) is 0 Å². The van der Waals surface area contributed by atoms with Gasteiger partial charge in [-0.3, -0.25) is 4.57 Å². The third-order valence-electron chi connectivity index (χ3n) is 4.98. The van der Waals surface area contributed by atoms with Crippen molar-refractivity contribution in [3.63, 3.8) is 0 Å². The molecule has 0 atom stereocenters. The van der Waals surface area contributed by atoms with Crippen LogP contribution in [0.25, 0.3) is 5.69 Å². The van der Waals surface area contributed by atoms with Gasteiger partial charge < -0.3 is 14.4 Å². The normalized spacial score (nSPS) is 14.2. The van der Waals surface area contributed by atoms with Crippen molar-refractivity contribution in [2.45, 2.75) is 25.9 Å². The maximum absolute atomic E-state index is 5.97. The highest BCUT2D eigenvalue weighted by atomic mass is 32.2. The van der Waals surface area contributed by atoms with E-state index < -0.39 is 0 Å². The van der Waals surface area contributed by atoms with Gasteiger partial charge in [0, 0.05) is 18.8 Å². The molecule has 0 amide bonds. The van der Waals surface area contributed by atoms with E-state index in [9.17, 15) is 0 Å². The van der Waals surface area contributed by atoms with Crippen LogP contribution in [0.15, 0.2) is 47.6 Å². The molecule has 4 rings (SSSR count). The summed E-state index contributed by atoms with van der Waals surface area (Å²) in [5, 5.41) is 9.90. The number of thioether (sulfide) groups is 1. The lowest BCUT2D eigenvalue weighted by molar-refractivity contribution is 0.122. The van der Waals surface area contributed by atoms with Gasteiger partial charge in [-0.2, -0.15) is 0 Å². The molecule has 0 radical (unpaired) electrons. The average Bonchev–Trinajstić information content (AvgIpc) is 3.16. The van der Waals surface area contributed by atoms with Crippen LogP contribution in [-0.2, 0) is 4.74 Å². The summed E-state index contributed by atoms with van der Waals surface area (Å²) in [6.07, 6.45) is 0. The third-order valence-corrected chi connectivity index (χ3v) is 5.87. The van der Waals surface area contributed by atoms with Crippen LogP contribution < -0.4 is 9.64 Å². The molecule has 6 nitrogen and oxygen atoms in total. The largest absolute Gasteiger partial charge is 0.493 e. The number of anilines is 1. The number of hydrogen-bond donors (Lipinski definition) is 0. The van der Waals surface area contributed by atoms with Crippen molar-refractivity contribution in [3.05, 3.63) is 59.2 Å². The molecular formula is C23H28N4O2S. The van der Waals surface area contributed by atoms with Crippen LogP contribution in [0, 0.1) is 20.8 Å². The summed E-state index contributed by atoms with van der Waals surface area (Å²) in [5.74, 6) is 2.59. The van der Waals surface area contributed by atoms with Gasteiger partial charge in [-0.25, -0.2) is 0 Å². The molecule has 1 aliphatic heterocycles. The van der Waals surface area contributed by atoms with E-state index in [0.29, 0.717) is 19.8 Å². The molecule has 0 bridgehead atoms. The minimum Gasteiger partial charge on any atom is -0.493 e. The summed E-state index contributed by atoms with van der Waals surface area (Å²) in [7, 11) is 0. The van der Waals surface area contributed by atoms with E-state index in [4.69, 9.17) is 9.47 Å². The quantitative estimate of drug-likeness (QED) is 0.419. The van der Waals surface area contributed by atoms with Crippen LogP contribution in [0.2, 0.25) is 0 Å². The van der Waals surface area contributed by atoms with Crippen molar-refractivity contribution in [2.24, 2.45) is 0 Å². The van der Waals surface area contributed by atoms with E-state index in [0.717, 1.165) is 41.4 Å². The van der Waals surface area contributed by atoms with Gasteiger partial charge >= 0.3 is 0 Å². The minimum atomic E-state index is 0.612. The first-order valence-electron chi connectivity index (χ1n) is 10.3. The molecule has 2 aromatic carbocycles. The first-order valence-corrected chi connectivity index (χ1v) is 11.3. The lowest BCUT2D eigenvalue weighted by Crippen LogP contribution is -2.37. The van der Waals surface area contributed by atoms with E-state index in [2.05, 4.69) is 82.9 Å². The number of rotatable bonds is 7. The Kier molecular flexibility index (Phi) is 6.59. The second-order valence-corrected chi connectivity index (χ2v) is 8.64. The van der Waals surface area contributed by atoms with Gasteiger partial charge in [0.2, 0.25) is 5.95 Å². The number of nitrogens with zero attached hydrogens (tertiary/aromatic N) is 4. The standard InChI is InChI=1S/C23H28N4O2S/c1-17-4-6-20(7-5-17)27-22(26-8-10-28-11-9-26)24-25-23(27)30-13-12-29-21-15-18(2)14-19(3)16-21/h4-7,14-16H,8-13H2,1-3H3. The Morgan fingerprint density at radius 2 is 1.63 bits per heavy atom. The summed E-state index contributed by atoms with van der Waals surface area (Å²) in [6, 6.07) is 14.8. The Hall–Kier alpha value is -2.51. The molecule has 1 aromatic heterocycles. The summed E-state index contributed by atoms with van der Waals surface area (Å²) >= 11 is 1.66. The van der Waals surface area contributed by atoms with Gasteiger partial charge in [0.1, 0.15) is 5.75 Å². The van der Waals surface area contributed by atoms with Gasteiger partial charge in [-0.1, -0.05) is 35.5 Å². The summed E-state index contributed by atoms with van der Waals surface area (Å²) in [5.41, 5.74) is 4.74. The molecule has 0 aliphatic carbocycles. The zero-order valence-corrected chi connectivity index (χ0v) is 18.6. The number of morpholine rings is 1. The Morgan fingerprint density at radius 1 is 0.933 bits per heavy atom. The van der Waals surface area contributed by atoms with E-state index in [1.807, 2.05) is 0 Å². The summed E-state index contributed by atoms with van der Waals surface area (Å²) < 4.78 is 13.6. The van der Waals surface area contributed by atoms with Crippen molar-refractivity contribution in [3.8, 4) is 11.4 Å². The molecular weight excluding hydrogens is 396 g/mol. The smallest absolute Gasteiger partial charge is 0.232 e. The second-order valence-electron chi connectivity index (χ2n) is 7.57. The van der Waals surface area contributed by atoms with E-state index in [-0.39, 0.29) is 0 Å². The number of aromatic nitrogens is 3. The van der Waals surface area contributed by atoms with Crippen molar-refractivity contribution in [2.75, 3.05) is 43.6 Å². The lowest BCUT2D eigenvalue weighted by atomic mass is 10.1. The van der Waals surface area contributed by atoms with Crippen molar-refractivity contribution in [1.82, 2.24) is 14.8 Å². The van der Waals surface area contributed by atoms with Crippen LogP contribution in [0.5, 0.6) is 5.75 Å². The molecule has 1 fully saturated rings. The van der Waals surface area contributed by atoms with Crippen LogP contribution in [0.3, 0.4) is 0 Å². The fourth-order valence-electron chi connectivity index (χ4n) is 3.55. The molecule has 7 heteroatoms. The average molecular weight is 425 g/mol. The molecule has 0 unspecified atom stereocenters. The molecule has 1 saturated heterocycles. The van der Waals surface area contributed by atoms with Crippen LogP contribution in [0.4, 0.5) is 5.95 Å². The molecule has 30 heavy (non-hydrogen) atoms. The molecule has 0 N–H and O–H groups in total. The van der Waals surface area contributed by atoms with Crippen LogP contribution in [0.1, 0.15) is 16.7 Å². The second kappa shape index (κ2) is 9.53. The van der Waals surface area contributed by atoms with Crippen LogP contribution >= 0.6 is 11.8 Å². The topological polar surface area (TPSA) is 52.4 Å². The molecule has 1 aliphatic rings. The Labute approximate surface area is 182 Å². The highest BCUT2D eigenvalue weighted by Gasteiger charge is 2.21. The van der Waals surface area contributed by atoms with Gasteiger partial charge in [-0.05, 0) is 56.2 Å². The highest BCUT2D eigenvalue weighted by Crippen LogP contribution is 2.27. The fourth-order valence-corrected chi connectivity index (χ4v) is 4.32. The fraction of sp³-hybridized carbons (Fsp3) is 0.391. The van der Waals surface area contributed by atoms with Gasteiger partial charge in [0.05, 0.1) is 25.5 Å². The maximum atomic E-state index is 5.97. The highest BCUT2D eigenvalue weighted by molar-refractivity contribution is 7.99. The van der Waals surface area contributed by atoms with Crippen molar-refractivity contribution >= 4 is 17.7 Å². The monoisotopic (exact) mass is 424 g/mol. The molecule has 0 saturated carbocycles. The SMILES string of the molecule is Cc1ccc(-n2c(SCCOc3cc(C)cc(C)c3)nnc2N2CCOCC2)cc1. The lowest BCUT2D eigenvalue weighted by Gasteiger charge is -2.28. The van der Waals surface area contributed by atoms with Gasteiger partial charge in [0.25, 0.3) is 0 Å². The predicted octanol–water partition coefficient (Wildman–Crippen LogP) is 4.20. The maximum Gasteiger partial charge on any atom is 0.232 e. The van der Waals surface area contributed by atoms with E-state index in [1.165, 1.54) is 16.7 Å². The first-order chi connectivity index (χ1) is 14.6. The molecule has 0 spiro atoms. The Bertz CT molecular complexity index is 961. The summed E-state index contributed by atoms with van der Waals surface area (Å²) in [6.45, 7) is 9.96. The zero-order valence-electron chi connectivity index (χ0n) is 17.8. The van der Waals surface area contributed by atoms with Crippen molar-refractivity contribution < 1.29 is 9.47 Å². The summed E-state index contributed by atoms with van der Waals surface area (Å²) in [4.78, 5) is 2.24. The van der Waals surface area contributed by atoms with Gasteiger partial charge in [0.15, 0.2) is 5.16 Å². The van der Waals surface area contributed by atoms with Gasteiger partial charge in [-0.15, -0.1) is 10.2 Å². The minimum absolute atomic E-state index is 0.612. The van der Waals surface area contributed by atoms with Crippen LogP contribution in [-0.4, -0.2) is 53.4 Å². The molecule has 3 aromatic rings. The Morgan fingerprint density at radius 3 is 2.33 bits per heavy atom. The van der Waals surface area contributed by atoms with E-state index >= 15 is 0 Å². The first kappa shape index (κ1) is 20.8. The third kappa shape index (κ3) is 4.96. The molecule has 158 valence electrons. The number of aryl methyl sites for hydroxylation is 3. The predicted molar refractivity (Wildman–Crippen MR) is 121 cm³/mol. The Balaban J connectivity index is 1.49. The zero-order chi connectivity index (χ0) is 20.9. The van der Waals surface area contributed by atoms with E-state index in [1.54, 1.807) is 11.8 Å². The number of ether oxygens (including phenoxy) is 2. The number of hydrogen-bond acceptors (Lipinski definition) is 6. The number of benzene rings is 2.